The first-order valence-electron chi connectivity index (χ1n) is 4.66. The van der Waals surface area contributed by atoms with E-state index in [0.29, 0.717) is 6.04 Å². The van der Waals surface area contributed by atoms with Crippen LogP contribution in [0.2, 0.25) is 0 Å². The molecular formula is C9H20N2. The Bertz CT molecular complexity index is 123. The van der Waals surface area contributed by atoms with Gasteiger partial charge in [0.15, 0.2) is 0 Å². The van der Waals surface area contributed by atoms with Crippen molar-refractivity contribution in [3.8, 4) is 0 Å². The second kappa shape index (κ2) is 3.55. The van der Waals surface area contributed by atoms with Gasteiger partial charge in [-0.05, 0) is 26.2 Å². The topological polar surface area (TPSA) is 38.0 Å². The lowest BCUT2D eigenvalue weighted by molar-refractivity contribution is 0.461. The van der Waals surface area contributed by atoms with Gasteiger partial charge >= 0.3 is 0 Å². The molecule has 4 unspecified atom stereocenters. The van der Waals surface area contributed by atoms with E-state index in [1.54, 1.807) is 0 Å². The molecule has 0 aromatic rings. The Morgan fingerprint density at radius 1 is 1.55 bits per heavy atom. The van der Waals surface area contributed by atoms with Crippen molar-refractivity contribution < 1.29 is 0 Å². The SMILES string of the molecule is CCC1CC1NC(C)C(C)N. The third-order valence-corrected chi connectivity index (χ3v) is 2.71. The smallest absolute Gasteiger partial charge is 0.0190 e. The molecule has 1 rings (SSSR count). The fraction of sp³-hybridized carbons (Fsp3) is 1.00. The lowest BCUT2D eigenvalue weighted by Crippen LogP contribution is -2.42. The summed E-state index contributed by atoms with van der Waals surface area (Å²) in [6.07, 6.45) is 2.66. The molecule has 11 heavy (non-hydrogen) atoms. The lowest BCUT2D eigenvalue weighted by atomic mass is 10.2. The van der Waals surface area contributed by atoms with Crippen LogP contribution < -0.4 is 11.1 Å². The van der Waals surface area contributed by atoms with Crippen LogP contribution in [0.5, 0.6) is 0 Å². The van der Waals surface area contributed by atoms with E-state index in [-0.39, 0.29) is 6.04 Å². The molecule has 1 fully saturated rings. The van der Waals surface area contributed by atoms with Crippen LogP contribution in [-0.4, -0.2) is 18.1 Å². The largest absolute Gasteiger partial charge is 0.327 e. The normalized spacial score (nSPS) is 34.9. The van der Waals surface area contributed by atoms with E-state index in [0.717, 1.165) is 12.0 Å². The third-order valence-electron chi connectivity index (χ3n) is 2.71. The molecule has 3 N–H and O–H groups in total. The van der Waals surface area contributed by atoms with Crippen LogP contribution in [0.15, 0.2) is 0 Å². The molecule has 2 heteroatoms. The number of hydrogen-bond acceptors (Lipinski definition) is 2. The average Bonchev–Trinajstić information content (AvgIpc) is 2.67. The van der Waals surface area contributed by atoms with Gasteiger partial charge in [0.1, 0.15) is 0 Å². The summed E-state index contributed by atoms with van der Waals surface area (Å²) in [6.45, 7) is 6.47. The summed E-state index contributed by atoms with van der Waals surface area (Å²) < 4.78 is 0. The molecule has 66 valence electrons. The fourth-order valence-corrected chi connectivity index (χ4v) is 1.39. The van der Waals surface area contributed by atoms with Crippen LogP contribution in [0, 0.1) is 5.92 Å². The van der Waals surface area contributed by atoms with Crippen molar-refractivity contribution >= 4 is 0 Å². The summed E-state index contributed by atoms with van der Waals surface area (Å²) in [6, 6.07) is 1.51. The highest BCUT2D eigenvalue weighted by Gasteiger charge is 2.35. The highest BCUT2D eigenvalue weighted by molar-refractivity contribution is 4.94. The number of nitrogens with one attached hydrogen (secondary N) is 1. The second-order valence-corrected chi connectivity index (χ2v) is 3.82. The minimum absolute atomic E-state index is 0.271. The van der Waals surface area contributed by atoms with Crippen LogP contribution in [0.4, 0.5) is 0 Å². The predicted molar refractivity (Wildman–Crippen MR) is 48.4 cm³/mol. The standard InChI is InChI=1S/C9H20N2/c1-4-8-5-9(8)11-7(3)6(2)10/h6-9,11H,4-5,10H2,1-3H3. The van der Waals surface area contributed by atoms with Crippen LogP contribution in [-0.2, 0) is 0 Å². The van der Waals surface area contributed by atoms with E-state index >= 15 is 0 Å². The Balaban J connectivity index is 2.13. The molecule has 0 amide bonds. The number of hydrogen-bond donors (Lipinski definition) is 2. The Hall–Kier alpha value is -0.0800. The summed E-state index contributed by atoms with van der Waals surface area (Å²) in [5.74, 6) is 0.927. The van der Waals surface area contributed by atoms with Gasteiger partial charge in [0.2, 0.25) is 0 Å². The second-order valence-electron chi connectivity index (χ2n) is 3.82. The van der Waals surface area contributed by atoms with Crippen molar-refractivity contribution in [3.63, 3.8) is 0 Å². The van der Waals surface area contributed by atoms with Gasteiger partial charge in [-0.2, -0.15) is 0 Å². The molecule has 1 saturated carbocycles. The van der Waals surface area contributed by atoms with E-state index in [2.05, 4.69) is 26.1 Å². The zero-order valence-corrected chi connectivity index (χ0v) is 7.80. The zero-order valence-electron chi connectivity index (χ0n) is 7.80. The van der Waals surface area contributed by atoms with Gasteiger partial charge in [0, 0.05) is 18.1 Å². The van der Waals surface area contributed by atoms with Crippen LogP contribution in [0.1, 0.15) is 33.6 Å². The van der Waals surface area contributed by atoms with E-state index in [1.165, 1.54) is 12.8 Å². The van der Waals surface area contributed by atoms with Gasteiger partial charge in [-0.1, -0.05) is 13.3 Å². The molecule has 0 aromatic heterocycles. The molecular weight excluding hydrogens is 136 g/mol. The molecule has 0 radical (unpaired) electrons. The van der Waals surface area contributed by atoms with Gasteiger partial charge in [-0.25, -0.2) is 0 Å². The van der Waals surface area contributed by atoms with Crippen molar-refractivity contribution in [2.75, 3.05) is 0 Å². The van der Waals surface area contributed by atoms with Crippen molar-refractivity contribution in [3.05, 3.63) is 0 Å². The zero-order chi connectivity index (χ0) is 8.43. The highest BCUT2D eigenvalue weighted by Crippen LogP contribution is 2.33. The first-order valence-corrected chi connectivity index (χ1v) is 4.66. The molecule has 0 saturated heterocycles. The minimum atomic E-state index is 0.271. The molecule has 2 nitrogen and oxygen atoms in total. The van der Waals surface area contributed by atoms with Gasteiger partial charge in [0.05, 0.1) is 0 Å². The molecule has 0 spiro atoms. The number of rotatable bonds is 4. The van der Waals surface area contributed by atoms with Gasteiger partial charge in [-0.15, -0.1) is 0 Å². The average molecular weight is 156 g/mol. The molecule has 1 aliphatic carbocycles. The van der Waals surface area contributed by atoms with Gasteiger partial charge < -0.3 is 11.1 Å². The Morgan fingerprint density at radius 2 is 2.18 bits per heavy atom. The Labute approximate surface area is 69.5 Å². The van der Waals surface area contributed by atoms with Crippen molar-refractivity contribution in [2.24, 2.45) is 11.7 Å². The van der Waals surface area contributed by atoms with E-state index in [4.69, 9.17) is 5.73 Å². The van der Waals surface area contributed by atoms with Crippen molar-refractivity contribution in [1.82, 2.24) is 5.32 Å². The molecule has 1 aliphatic rings. The van der Waals surface area contributed by atoms with E-state index < -0.39 is 0 Å². The summed E-state index contributed by atoms with van der Waals surface area (Å²) in [4.78, 5) is 0. The van der Waals surface area contributed by atoms with E-state index in [9.17, 15) is 0 Å². The highest BCUT2D eigenvalue weighted by atomic mass is 15.0. The van der Waals surface area contributed by atoms with Crippen molar-refractivity contribution in [1.29, 1.82) is 0 Å². The molecule has 0 bridgehead atoms. The summed E-state index contributed by atoms with van der Waals surface area (Å²) >= 11 is 0. The monoisotopic (exact) mass is 156 g/mol. The van der Waals surface area contributed by atoms with Gasteiger partial charge in [0.25, 0.3) is 0 Å². The molecule has 0 heterocycles. The fourth-order valence-electron chi connectivity index (χ4n) is 1.39. The van der Waals surface area contributed by atoms with Crippen LogP contribution in [0.3, 0.4) is 0 Å². The first-order chi connectivity index (χ1) is 5.15. The van der Waals surface area contributed by atoms with Gasteiger partial charge in [-0.3, -0.25) is 0 Å². The predicted octanol–water partition coefficient (Wildman–Crippen LogP) is 1.11. The van der Waals surface area contributed by atoms with Crippen molar-refractivity contribution in [2.45, 2.75) is 51.7 Å². The maximum atomic E-state index is 5.74. The lowest BCUT2D eigenvalue weighted by Gasteiger charge is -2.17. The molecule has 0 aromatic carbocycles. The summed E-state index contributed by atoms with van der Waals surface area (Å²) in [5.41, 5.74) is 5.74. The molecule has 0 aliphatic heterocycles. The first kappa shape index (κ1) is 9.01. The third kappa shape index (κ3) is 2.46. The van der Waals surface area contributed by atoms with Crippen LogP contribution >= 0.6 is 0 Å². The van der Waals surface area contributed by atoms with Crippen LogP contribution in [0.25, 0.3) is 0 Å². The quantitative estimate of drug-likeness (QED) is 0.640. The minimum Gasteiger partial charge on any atom is -0.327 e. The molecule has 4 atom stereocenters. The Morgan fingerprint density at radius 3 is 2.55 bits per heavy atom. The van der Waals surface area contributed by atoms with E-state index in [1.807, 2.05) is 0 Å². The Kier molecular flexibility index (Phi) is 2.90. The maximum absolute atomic E-state index is 5.74. The maximum Gasteiger partial charge on any atom is 0.0190 e. The summed E-state index contributed by atoms with van der Waals surface area (Å²) in [7, 11) is 0. The summed E-state index contributed by atoms with van der Waals surface area (Å²) in [5, 5.41) is 3.53. The number of nitrogens with two attached hydrogens (primary N) is 1.